The fourth-order valence-electron chi connectivity index (χ4n) is 3.85. The summed E-state index contributed by atoms with van der Waals surface area (Å²) in [7, 11) is 0. The summed E-state index contributed by atoms with van der Waals surface area (Å²) < 4.78 is 6.56. The van der Waals surface area contributed by atoms with Crippen LogP contribution in [-0.2, 0) is 0 Å². The van der Waals surface area contributed by atoms with Gasteiger partial charge in [-0.1, -0.05) is 28.1 Å². The van der Waals surface area contributed by atoms with E-state index in [9.17, 15) is 14.7 Å². The fraction of sp³-hybridized carbons (Fsp3) is 0.0345. The van der Waals surface area contributed by atoms with Gasteiger partial charge in [0.2, 0.25) is 0 Å². The molecule has 2 aromatic heterocycles. The number of furan rings is 1. The molecule has 10 heteroatoms. The molecule has 3 aromatic carbocycles. The Morgan fingerprint density at radius 2 is 1.64 bits per heavy atom. The number of rotatable bonds is 6. The van der Waals surface area contributed by atoms with Gasteiger partial charge in [0, 0.05) is 21.1 Å². The highest BCUT2D eigenvalue weighted by Crippen LogP contribution is 2.28. The van der Waals surface area contributed by atoms with Crippen LogP contribution >= 0.6 is 31.9 Å². The number of hydrogen-bond donors (Lipinski definition) is 3. The highest BCUT2D eigenvalue weighted by atomic mass is 79.9. The first-order valence-electron chi connectivity index (χ1n) is 11.7. The summed E-state index contributed by atoms with van der Waals surface area (Å²) in [6.07, 6.45) is 0. The summed E-state index contributed by atoms with van der Waals surface area (Å²) in [5.41, 5.74) is 6.99. The van der Waals surface area contributed by atoms with Gasteiger partial charge in [0.1, 0.15) is 5.75 Å². The third kappa shape index (κ3) is 6.08. The van der Waals surface area contributed by atoms with Crippen molar-refractivity contribution in [2.45, 2.75) is 6.92 Å². The molecule has 0 aliphatic carbocycles. The van der Waals surface area contributed by atoms with E-state index in [1.165, 1.54) is 0 Å². The Labute approximate surface area is 240 Å². The zero-order valence-corrected chi connectivity index (χ0v) is 23.6. The van der Waals surface area contributed by atoms with Gasteiger partial charge in [0.25, 0.3) is 11.8 Å². The summed E-state index contributed by atoms with van der Waals surface area (Å²) in [5, 5.41) is 17.4. The molecular formula is C29H20Br2N4O4. The monoisotopic (exact) mass is 646 g/mol. The largest absolute Gasteiger partial charge is 0.508 e. The number of amides is 2. The van der Waals surface area contributed by atoms with E-state index in [-0.39, 0.29) is 17.4 Å². The van der Waals surface area contributed by atoms with Gasteiger partial charge < -0.3 is 14.8 Å². The molecule has 0 fully saturated rings. The van der Waals surface area contributed by atoms with Crippen LogP contribution in [0.4, 0.5) is 5.69 Å². The second kappa shape index (κ2) is 11.2. The van der Waals surface area contributed by atoms with E-state index in [2.05, 4.69) is 47.7 Å². The lowest BCUT2D eigenvalue weighted by Crippen LogP contribution is -2.20. The van der Waals surface area contributed by atoms with Gasteiger partial charge in [-0.05, 0) is 101 Å². The van der Waals surface area contributed by atoms with Crippen molar-refractivity contribution in [1.82, 2.24) is 10.4 Å². The number of carbonyl (C=O) groups is 2. The zero-order chi connectivity index (χ0) is 27.5. The van der Waals surface area contributed by atoms with Gasteiger partial charge >= 0.3 is 0 Å². The molecule has 0 aliphatic rings. The molecule has 0 atom stereocenters. The summed E-state index contributed by atoms with van der Waals surface area (Å²) in [6.45, 7) is 1.78. The molecule has 2 heterocycles. The number of phenolic OH excluding ortho intramolecular Hbond substituents is 1. The van der Waals surface area contributed by atoms with Gasteiger partial charge in [0.05, 0.1) is 22.5 Å². The van der Waals surface area contributed by atoms with Crippen LogP contribution in [0.2, 0.25) is 0 Å². The molecule has 0 aliphatic heterocycles. The van der Waals surface area contributed by atoms with E-state index in [0.717, 1.165) is 15.6 Å². The van der Waals surface area contributed by atoms with E-state index in [4.69, 9.17) is 9.40 Å². The Morgan fingerprint density at radius 1 is 0.897 bits per heavy atom. The van der Waals surface area contributed by atoms with E-state index in [0.29, 0.717) is 38.2 Å². The van der Waals surface area contributed by atoms with Crippen molar-refractivity contribution in [2.24, 2.45) is 5.10 Å². The number of pyridine rings is 1. The minimum Gasteiger partial charge on any atom is -0.508 e. The third-order valence-electron chi connectivity index (χ3n) is 5.86. The Hall–Kier alpha value is -4.28. The smallest absolute Gasteiger partial charge is 0.291 e. The molecule has 5 aromatic rings. The number of fused-ring (bicyclic) bond motifs is 1. The lowest BCUT2D eigenvalue weighted by Gasteiger charge is -2.10. The molecule has 5 rings (SSSR count). The minimum atomic E-state index is -0.395. The van der Waals surface area contributed by atoms with Crippen LogP contribution in [-0.4, -0.2) is 27.6 Å². The number of carbonyl (C=O) groups excluding carboxylic acids is 2. The molecule has 2 amide bonds. The van der Waals surface area contributed by atoms with Crippen molar-refractivity contribution in [3.63, 3.8) is 0 Å². The van der Waals surface area contributed by atoms with Crippen LogP contribution in [0, 0.1) is 0 Å². The average molecular weight is 648 g/mol. The predicted octanol–water partition coefficient (Wildman–Crippen LogP) is 7.13. The first-order valence-corrected chi connectivity index (χ1v) is 13.3. The lowest BCUT2D eigenvalue weighted by atomic mass is 10.0. The molecule has 0 spiro atoms. The minimum absolute atomic E-state index is 0.146. The van der Waals surface area contributed by atoms with Crippen LogP contribution in [0.5, 0.6) is 5.75 Å². The fourth-order valence-corrected chi connectivity index (χ4v) is 4.52. The Bertz CT molecular complexity index is 1730. The van der Waals surface area contributed by atoms with Crippen molar-refractivity contribution in [3.05, 3.63) is 111 Å². The predicted molar refractivity (Wildman–Crippen MR) is 157 cm³/mol. The summed E-state index contributed by atoms with van der Waals surface area (Å²) in [4.78, 5) is 30.3. The van der Waals surface area contributed by atoms with E-state index in [1.807, 2.05) is 18.2 Å². The number of nitrogens with one attached hydrogen (secondary N) is 2. The molecule has 194 valence electrons. The zero-order valence-electron chi connectivity index (χ0n) is 20.4. The lowest BCUT2D eigenvalue weighted by molar-refractivity contribution is 0.0955. The molecule has 3 N–H and O–H groups in total. The number of hydrogen-bond acceptors (Lipinski definition) is 6. The number of aromatic nitrogens is 1. The van der Waals surface area contributed by atoms with E-state index >= 15 is 0 Å². The van der Waals surface area contributed by atoms with Crippen LogP contribution < -0.4 is 10.7 Å². The maximum absolute atomic E-state index is 13.3. The number of anilines is 1. The summed E-state index contributed by atoms with van der Waals surface area (Å²) in [5.74, 6) is -0.426. The standard InChI is InChI=1S/C29H20Br2N4O4/c1-16(17-2-7-20(8-3-17)32-29(38)26-12-13-27(31)39-26)34-35-28(37)23-15-25(18-4-9-21(36)10-5-18)33-24-11-6-19(30)14-22(23)24/h2-15,36H,1H3,(H,32,38)(H,35,37)/b34-16+. The first-order chi connectivity index (χ1) is 18.8. The molecule has 0 unspecified atom stereocenters. The Kier molecular flexibility index (Phi) is 7.58. The highest BCUT2D eigenvalue weighted by molar-refractivity contribution is 9.10. The number of nitrogens with zero attached hydrogens (tertiary/aromatic N) is 2. The maximum atomic E-state index is 13.3. The molecule has 39 heavy (non-hydrogen) atoms. The maximum Gasteiger partial charge on any atom is 0.291 e. The normalized spacial score (nSPS) is 11.4. The van der Waals surface area contributed by atoms with Crippen LogP contribution in [0.15, 0.2) is 104 Å². The number of phenols is 1. The molecule has 0 saturated heterocycles. The number of halogens is 2. The summed E-state index contributed by atoms with van der Waals surface area (Å²) in [6, 6.07) is 24.1. The van der Waals surface area contributed by atoms with Crippen molar-refractivity contribution in [1.29, 1.82) is 0 Å². The Morgan fingerprint density at radius 3 is 2.33 bits per heavy atom. The van der Waals surface area contributed by atoms with Gasteiger partial charge in [0.15, 0.2) is 10.4 Å². The van der Waals surface area contributed by atoms with Crippen LogP contribution in [0.3, 0.4) is 0 Å². The number of aromatic hydroxyl groups is 1. The van der Waals surface area contributed by atoms with Gasteiger partial charge in [-0.25, -0.2) is 10.4 Å². The SMILES string of the molecule is C/C(=N\NC(=O)c1cc(-c2ccc(O)cc2)nc2ccc(Br)cc12)c1ccc(NC(=O)c2ccc(Br)o2)cc1. The average Bonchev–Trinajstić information content (AvgIpc) is 3.38. The van der Waals surface area contributed by atoms with Gasteiger partial charge in [-0.15, -0.1) is 0 Å². The van der Waals surface area contributed by atoms with E-state index in [1.54, 1.807) is 73.7 Å². The summed E-state index contributed by atoms with van der Waals surface area (Å²) >= 11 is 6.65. The Balaban J connectivity index is 1.36. The second-order valence-electron chi connectivity index (χ2n) is 8.54. The second-order valence-corrected chi connectivity index (χ2v) is 10.2. The van der Waals surface area contributed by atoms with Crippen molar-refractivity contribution in [2.75, 3.05) is 5.32 Å². The third-order valence-corrected chi connectivity index (χ3v) is 6.78. The highest BCUT2D eigenvalue weighted by Gasteiger charge is 2.15. The van der Waals surface area contributed by atoms with Gasteiger partial charge in [-0.3, -0.25) is 9.59 Å². The number of benzene rings is 3. The topological polar surface area (TPSA) is 117 Å². The van der Waals surface area contributed by atoms with Crippen molar-refractivity contribution in [3.8, 4) is 17.0 Å². The van der Waals surface area contributed by atoms with E-state index < -0.39 is 5.91 Å². The van der Waals surface area contributed by atoms with Crippen molar-refractivity contribution < 1.29 is 19.1 Å². The molecule has 0 saturated carbocycles. The molecular weight excluding hydrogens is 628 g/mol. The first kappa shape index (κ1) is 26.3. The quantitative estimate of drug-likeness (QED) is 0.134. The molecule has 8 nitrogen and oxygen atoms in total. The van der Waals surface area contributed by atoms with Crippen molar-refractivity contribution >= 4 is 66.0 Å². The molecule has 0 bridgehead atoms. The van der Waals surface area contributed by atoms with Crippen LogP contribution in [0.25, 0.3) is 22.2 Å². The number of hydrazone groups is 1. The van der Waals surface area contributed by atoms with Gasteiger partial charge in [-0.2, -0.15) is 5.10 Å². The van der Waals surface area contributed by atoms with Crippen LogP contribution in [0.1, 0.15) is 33.4 Å². The molecule has 0 radical (unpaired) electrons.